The molecule has 9 nitrogen and oxygen atoms in total. The minimum atomic E-state index is -4.40. The highest BCUT2D eigenvalue weighted by molar-refractivity contribution is 7.47. The summed E-state index contributed by atoms with van der Waals surface area (Å²) in [6.07, 6.45) is 82.9. The standard InChI is InChI=1S/C68H124NO8P/c1-3-5-7-9-11-13-15-17-19-21-23-25-27-28-29-30-31-32-33-34-35-36-37-39-40-42-44-46-48-50-52-54-56-58-60-67(70)74-64-66(65-76-78(72,73)75-63-62-69)77-68(71)61-59-57-55-53-51-49-47-45-43-41-38-26-24-22-20-18-16-14-12-10-8-6-4-2/h6,8,12,14,18,20,24,26,41,43,47,49,66H,3-5,7,9-11,13,15-17,19,21-23,25,27-40,42,44-46,48,50-65,69H2,1-2H3,(H,72,73)/b8-6-,14-12-,20-18-,26-24-,43-41-,49-47-. The van der Waals surface area contributed by atoms with Crippen LogP contribution in [0.3, 0.4) is 0 Å². The SMILES string of the molecule is CC/C=C\C/C=C\C/C=C\C/C=C\C/C=C\C/C=C\CCCCCCC(=O)OC(COC(=O)CCCCCCCCCCCCCCCCCCCCCCCCCCCCCCCCCCCC)COP(=O)(O)OCCN. The number of allylic oxidation sites excluding steroid dienone is 12. The Kier molecular flexibility index (Phi) is 61.5. The van der Waals surface area contributed by atoms with Crippen LogP contribution in [0.2, 0.25) is 0 Å². The fourth-order valence-electron chi connectivity index (χ4n) is 9.53. The molecule has 0 radical (unpaired) electrons. The van der Waals surface area contributed by atoms with E-state index in [1.54, 1.807) is 0 Å². The van der Waals surface area contributed by atoms with Crippen LogP contribution in [0.15, 0.2) is 72.9 Å². The third kappa shape index (κ3) is 62.6. The first-order valence-corrected chi connectivity index (χ1v) is 34.4. The Hall–Kier alpha value is -2.55. The number of nitrogens with two attached hydrogens (primary N) is 1. The topological polar surface area (TPSA) is 134 Å². The average molecular weight is 1110 g/mol. The first kappa shape index (κ1) is 75.5. The number of rotatable bonds is 62. The minimum absolute atomic E-state index is 0.0467. The molecule has 0 aromatic heterocycles. The lowest BCUT2D eigenvalue weighted by molar-refractivity contribution is -0.161. The van der Waals surface area contributed by atoms with E-state index >= 15 is 0 Å². The van der Waals surface area contributed by atoms with Crippen molar-refractivity contribution in [3.05, 3.63) is 72.9 Å². The van der Waals surface area contributed by atoms with E-state index in [9.17, 15) is 19.0 Å². The Labute approximate surface area is 482 Å². The number of unbranched alkanes of at least 4 members (excludes halogenated alkanes) is 37. The van der Waals surface area contributed by atoms with Gasteiger partial charge in [-0.05, 0) is 64.2 Å². The molecular formula is C68H124NO8P. The van der Waals surface area contributed by atoms with Gasteiger partial charge in [-0.25, -0.2) is 4.57 Å². The number of phosphoric ester groups is 1. The van der Waals surface area contributed by atoms with Crippen LogP contribution in [-0.2, 0) is 32.7 Å². The molecule has 0 aliphatic heterocycles. The van der Waals surface area contributed by atoms with Gasteiger partial charge in [0, 0.05) is 19.4 Å². The van der Waals surface area contributed by atoms with Crippen molar-refractivity contribution in [1.82, 2.24) is 0 Å². The van der Waals surface area contributed by atoms with Gasteiger partial charge in [0.25, 0.3) is 0 Å². The largest absolute Gasteiger partial charge is 0.472 e. The van der Waals surface area contributed by atoms with Crippen LogP contribution in [0.1, 0.15) is 316 Å². The fourth-order valence-corrected chi connectivity index (χ4v) is 10.3. The third-order valence-electron chi connectivity index (χ3n) is 14.4. The zero-order valence-electron chi connectivity index (χ0n) is 50.9. The Balaban J connectivity index is 3.88. The molecule has 454 valence electrons. The first-order chi connectivity index (χ1) is 38.3. The summed E-state index contributed by atoms with van der Waals surface area (Å²) < 4.78 is 33.1. The summed E-state index contributed by atoms with van der Waals surface area (Å²) in [5.74, 6) is -0.848. The number of carbonyl (C=O) groups is 2. The average Bonchev–Trinajstić information content (AvgIpc) is 3.43. The molecule has 2 atom stereocenters. The van der Waals surface area contributed by atoms with E-state index in [0.717, 1.165) is 83.5 Å². The molecule has 0 rings (SSSR count). The van der Waals surface area contributed by atoms with Crippen LogP contribution in [0.5, 0.6) is 0 Å². The first-order valence-electron chi connectivity index (χ1n) is 32.9. The number of carbonyl (C=O) groups excluding carboxylic acids is 2. The van der Waals surface area contributed by atoms with Crippen LogP contribution in [-0.4, -0.2) is 49.3 Å². The number of ether oxygens (including phenoxy) is 2. The maximum absolute atomic E-state index is 12.7. The highest BCUT2D eigenvalue weighted by Crippen LogP contribution is 2.43. The Morgan fingerprint density at radius 2 is 0.705 bits per heavy atom. The van der Waals surface area contributed by atoms with Crippen molar-refractivity contribution < 1.29 is 37.6 Å². The second-order valence-corrected chi connectivity index (χ2v) is 23.4. The molecule has 0 bridgehead atoms. The second kappa shape index (κ2) is 63.6. The van der Waals surface area contributed by atoms with Crippen molar-refractivity contribution in [3.63, 3.8) is 0 Å². The van der Waals surface area contributed by atoms with Gasteiger partial charge in [-0.3, -0.25) is 18.6 Å². The van der Waals surface area contributed by atoms with Gasteiger partial charge < -0.3 is 20.1 Å². The highest BCUT2D eigenvalue weighted by Gasteiger charge is 2.26. The van der Waals surface area contributed by atoms with E-state index in [1.807, 2.05) is 0 Å². The molecule has 0 spiro atoms. The second-order valence-electron chi connectivity index (χ2n) is 22.0. The van der Waals surface area contributed by atoms with Crippen LogP contribution < -0.4 is 5.73 Å². The molecule has 0 aromatic carbocycles. The maximum atomic E-state index is 12.7. The van der Waals surface area contributed by atoms with Crippen LogP contribution in [0, 0.1) is 0 Å². The van der Waals surface area contributed by atoms with Gasteiger partial charge >= 0.3 is 19.8 Å². The lowest BCUT2D eigenvalue weighted by Gasteiger charge is -2.19. The normalized spacial score (nSPS) is 13.4. The van der Waals surface area contributed by atoms with E-state index in [0.29, 0.717) is 6.42 Å². The zero-order chi connectivity index (χ0) is 56.6. The lowest BCUT2D eigenvalue weighted by atomic mass is 10.0. The van der Waals surface area contributed by atoms with Crippen molar-refractivity contribution in [2.75, 3.05) is 26.4 Å². The van der Waals surface area contributed by atoms with E-state index < -0.39 is 26.5 Å². The number of phosphoric acid groups is 1. The Morgan fingerprint density at radius 1 is 0.397 bits per heavy atom. The van der Waals surface area contributed by atoms with Crippen molar-refractivity contribution in [2.24, 2.45) is 5.73 Å². The molecule has 0 saturated carbocycles. The quantitative estimate of drug-likeness (QED) is 0.0264. The van der Waals surface area contributed by atoms with Crippen LogP contribution in [0.4, 0.5) is 0 Å². The van der Waals surface area contributed by atoms with Gasteiger partial charge in [-0.15, -0.1) is 0 Å². The number of esters is 2. The van der Waals surface area contributed by atoms with Crippen molar-refractivity contribution in [2.45, 2.75) is 322 Å². The van der Waals surface area contributed by atoms with Gasteiger partial charge in [-0.1, -0.05) is 311 Å². The van der Waals surface area contributed by atoms with E-state index in [4.69, 9.17) is 24.3 Å². The summed E-state index contributed by atoms with van der Waals surface area (Å²) in [6.45, 7) is 3.64. The van der Waals surface area contributed by atoms with Gasteiger partial charge in [0.2, 0.25) is 0 Å². The summed E-state index contributed by atoms with van der Waals surface area (Å²) >= 11 is 0. The van der Waals surface area contributed by atoms with Gasteiger partial charge in [-0.2, -0.15) is 0 Å². The summed E-state index contributed by atoms with van der Waals surface area (Å²) in [6, 6.07) is 0. The molecule has 0 heterocycles. The van der Waals surface area contributed by atoms with Crippen molar-refractivity contribution >= 4 is 19.8 Å². The minimum Gasteiger partial charge on any atom is -0.462 e. The predicted molar refractivity (Wildman–Crippen MR) is 335 cm³/mol. The zero-order valence-corrected chi connectivity index (χ0v) is 51.8. The summed E-state index contributed by atoms with van der Waals surface area (Å²) in [5.41, 5.74) is 5.39. The fraction of sp³-hybridized carbons (Fsp3) is 0.794. The van der Waals surface area contributed by atoms with Crippen LogP contribution >= 0.6 is 7.82 Å². The molecule has 0 aromatic rings. The van der Waals surface area contributed by atoms with Crippen LogP contribution in [0.25, 0.3) is 0 Å². The maximum Gasteiger partial charge on any atom is 0.472 e. The van der Waals surface area contributed by atoms with E-state index in [-0.39, 0.29) is 38.6 Å². The highest BCUT2D eigenvalue weighted by atomic mass is 31.2. The molecule has 78 heavy (non-hydrogen) atoms. The summed E-state index contributed by atoms with van der Waals surface area (Å²) in [5, 5.41) is 0. The number of hydrogen-bond acceptors (Lipinski definition) is 8. The van der Waals surface area contributed by atoms with Gasteiger partial charge in [0.1, 0.15) is 6.61 Å². The van der Waals surface area contributed by atoms with E-state index in [1.165, 1.54) is 199 Å². The van der Waals surface area contributed by atoms with Gasteiger partial charge in [0.15, 0.2) is 6.10 Å². The molecule has 0 saturated heterocycles. The Bertz CT molecular complexity index is 1510. The van der Waals surface area contributed by atoms with Crippen molar-refractivity contribution in [1.29, 1.82) is 0 Å². The summed E-state index contributed by atoms with van der Waals surface area (Å²) in [7, 11) is -4.40. The predicted octanol–water partition coefficient (Wildman–Crippen LogP) is 21.2. The molecule has 2 unspecified atom stereocenters. The Morgan fingerprint density at radius 3 is 1.05 bits per heavy atom. The lowest BCUT2D eigenvalue weighted by Crippen LogP contribution is -2.29. The molecule has 3 N–H and O–H groups in total. The molecule has 0 amide bonds. The molecular weight excluding hydrogens is 990 g/mol. The third-order valence-corrected chi connectivity index (χ3v) is 15.3. The number of hydrogen-bond donors (Lipinski definition) is 2. The smallest absolute Gasteiger partial charge is 0.462 e. The molecule has 0 fully saturated rings. The summed E-state index contributed by atoms with van der Waals surface area (Å²) in [4.78, 5) is 35.3. The van der Waals surface area contributed by atoms with Gasteiger partial charge in [0.05, 0.1) is 13.2 Å². The van der Waals surface area contributed by atoms with E-state index in [2.05, 4.69) is 86.8 Å². The monoisotopic (exact) mass is 1110 g/mol. The van der Waals surface area contributed by atoms with Crippen molar-refractivity contribution in [3.8, 4) is 0 Å². The molecule has 0 aliphatic carbocycles. The molecule has 10 heteroatoms. The molecule has 0 aliphatic rings.